The lowest BCUT2D eigenvalue weighted by Crippen LogP contribution is -2.40. The van der Waals surface area contributed by atoms with Crippen molar-refractivity contribution in [2.24, 2.45) is 0 Å². The molecular weight excluding hydrogens is 464 g/mol. The lowest BCUT2D eigenvalue weighted by Gasteiger charge is -2.31. The molecule has 0 unspecified atom stereocenters. The summed E-state index contributed by atoms with van der Waals surface area (Å²) in [6.07, 6.45) is 5.66. The molecule has 0 saturated carbocycles. The Morgan fingerprint density at radius 1 is 0.800 bits per heavy atom. The molecule has 1 amide bonds. The average molecular weight is 499 g/mol. The number of benzene rings is 2. The van der Waals surface area contributed by atoms with Crippen molar-refractivity contribution in [3.05, 3.63) is 48.0 Å². The van der Waals surface area contributed by atoms with E-state index < -0.39 is 10.0 Å². The maximum absolute atomic E-state index is 13.6. The van der Waals surface area contributed by atoms with Gasteiger partial charge in [0, 0.05) is 56.3 Å². The minimum Gasteiger partial charge on any atom is -0.379 e. The summed E-state index contributed by atoms with van der Waals surface area (Å²) in [6, 6.07) is 12.9. The van der Waals surface area contributed by atoms with Crippen molar-refractivity contribution in [3.8, 4) is 0 Å². The topological polar surface area (TPSA) is 82.2 Å². The van der Waals surface area contributed by atoms with Crippen LogP contribution in [0.4, 0.5) is 17.1 Å². The molecule has 1 N–H and O–H groups in total. The highest BCUT2D eigenvalue weighted by Crippen LogP contribution is 2.30. The van der Waals surface area contributed by atoms with Gasteiger partial charge in [-0.3, -0.25) is 4.79 Å². The summed E-state index contributed by atoms with van der Waals surface area (Å²) < 4.78 is 33.4. The number of hydrogen-bond acceptors (Lipinski definition) is 6. The van der Waals surface area contributed by atoms with Crippen molar-refractivity contribution in [1.82, 2.24) is 4.31 Å². The van der Waals surface area contributed by atoms with E-state index in [4.69, 9.17) is 4.74 Å². The molecule has 3 heterocycles. The second kappa shape index (κ2) is 10.6. The number of carbonyl (C=O) groups excluding carboxylic acids is 1. The molecule has 3 aliphatic rings. The second-order valence-electron chi connectivity index (χ2n) is 9.44. The first-order valence-corrected chi connectivity index (χ1v) is 14.1. The van der Waals surface area contributed by atoms with Crippen LogP contribution in [-0.4, -0.2) is 71.1 Å². The van der Waals surface area contributed by atoms with E-state index in [0.29, 0.717) is 37.6 Å². The number of carbonyl (C=O) groups is 1. The highest BCUT2D eigenvalue weighted by molar-refractivity contribution is 7.89. The van der Waals surface area contributed by atoms with E-state index in [1.54, 1.807) is 18.2 Å². The van der Waals surface area contributed by atoms with E-state index in [0.717, 1.165) is 50.4 Å². The third kappa shape index (κ3) is 5.32. The van der Waals surface area contributed by atoms with Crippen LogP contribution in [0.25, 0.3) is 0 Å². The standard InChI is InChI=1S/C26H34N4O4S/c31-26(27-21-7-6-8-22(19-21)28-11-4-5-12-28)24-20-23(35(32,33)30-15-17-34-18-16-30)9-10-25(24)29-13-2-1-3-14-29/h6-10,19-20H,1-5,11-18H2,(H,27,31). The van der Waals surface area contributed by atoms with Gasteiger partial charge in [-0.25, -0.2) is 8.42 Å². The van der Waals surface area contributed by atoms with Crippen molar-refractivity contribution in [1.29, 1.82) is 0 Å². The molecule has 9 heteroatoms. The Morgan fingerprint density at radius 3 is 2.23 bits per heavy atom. The lowest BCUT2D eigenvalue weighted by molar-refractivity contribution is 0.0730. The van der Waals surface area contributed by atoms with Crippen LogP contribution < -0.4 is 15.1 Å². The maximum Gasteiger partial charge on any atom is 0.257 e. The predicted octanol–water partition coefficient (Wildman–Crippen LogP) is 3.55. The van der Waals surface area contributed by atoms with Crippen molar-refractivity contribution in [2.75, 3.05) is 67.6 Å². The first-order valence-electron chi connectivity index (χ1n) is 12.7. The number of morpholine rings is 1. The molecule has 0 spiro atoms. The van der Waals surface area contributed by atoms with E-state index in [2.05, 4.69) is 21.2 Å². The SMILES string of the molecule is O=C(Nc1cccc(N2CCCC2)c1)c1cc(S(=O)(=O)N2CCOCC2)ccc1N1CCCCC1. The van der Waals surface area contributed by atoms with Gasteiger partial charge in [-0.2, -0.15) is 4.31 Å². The third-order valence-corrected chi connectivity index (χ3v) is 8.99. The van der Waals surface area contributed by atoms with E-state index in [1.807, 2.05) is 18.2 Å². The zero-order valence-electron chi connectivity index (χ0n) is 20.1. The molecule has 8 nitrogen and oxygen atoms in total. The Bertz CT molecular complexity index is 1150. The van der Waals surface area contributed by atoms with Gasteiger partial charge in [0.2, 0.25) is 10.0 Å². The van der Waals surface area contributed by atoms with Gasteiger partial charge in [-0.15, -0.1) is 0 Å². The smallest absolute Gasteiger partial charge is 0.257 e. The highest BCUT2D eigenvalue weighted by atomic mass is 32.2. The summed E-state index contributed by atoms with van der Waals surface area (Å²) in [5.74, 6) is -0.289. The molecule has 0 bridgehead atoms. The van der Waals surface area contributed by atoms with Crippen LogP contribution in [0, 0.1) is 0 Å². The summed E-state index contributed by atoms with van der Waals surface area (Å²) in [5, 5.41) is 3.04. The molecule has 0 aliphatic carbocycles. The molecule has 188 valence electrons. The monoisotopic (exact) mass is 498 g/mol. The highest BCUT2D eigenvalue weighted by Gasteiger charge is 2.29. The Labute approximate surface area is 207 Å². The number of rotatable bonds is 6. The van der Waals surface area contributed by atoms with Gasteiger partial charge in [0.1, 0.15) is 0 Å². The van der Waals surface area contributed by atoms with Gasteiger partial charge in [0.05, 0.1) is 23.7 Å². The quantitative estimate of drug-likeness (QED) is 0.656. The van der Waals surface area contributed by atoms with Crippen molar-refractivity contribution in [2.45, 2.75) is 37.0 Å². The lowest BCUT2D eigenvalue weighted by atomic mass is 10.1. The summed E-state index contributed by atoms with van der Waals surface area (Å²) in [6.45, 7) is 5.18. The number of ether oxygens (including phenoxy) is 1. The van der Waals surface area contributed by atoms with Gasteiger partial charge >= 0.3 is 0 Å². The van der Waals surface area contributed by atoms with Crippen molar-refractivity contribution < 1.29 is 17.9 Å². The van der Waals surface area contributed by atoms with Crippen LogP contribution >= 0.6 is 0 Å². The molecule has 3 fully saturated rings. The third-order valence-electron chi connectivity index (χ3n) is 7.09. The van der Waals surface area contributed by atoms with Crippen molar-refractivity contribution in [3.63, 3.8) is 0 Å². The Kier molecular flexibility index (Phi) is 7.27. The van der Waals surface area contributed by atoms with Crippen LogP contribution in [0.15, 0.2) is 47.4 Å². The van der Waals surface area contributed by atoms with Gasteiger partial charge in [0.15, 0.2) is 0 Å². The molecule has 0 radical (unpaired) electrons. The van der Waals surface area contributed by atoms with E-state index >= 15 is 0 Å². The van der Waals surface area contributed by atoms with E-state index in [9.17, 15) is 13.2 Å². The Balaban J connectivity index is 1.45. The molecule has 0 aromatic heterocycles. The van der Waals surface area contributed by atoms with Gasteiger partial charge in [-0.05, 0) is 68.5 Å². The van der Waals surface area contributed by atoms with Crippen LogP contribution in [-0.2, 0) is 14.8 Å². The summed E-state index contributed by atoms with van der Waals surface area (Å²) in [7, 11) is -3.71. The Morgan fingerprint density at radius 2 is 1.49 bits per heavy atom. The van der Waals surface area contributed by atoms with E-state index in [1.165, 1.54) is 23.6 Å². The molecule has 2 aromatic rings. The van der Waals surface area contributed by atoms with Gasteiger partial charge in [-0.1, -0.05) is 6.07 Å². The largest absolute Gasteiger partial charge is 0.379 e. The van der Waals surface area contributed by atoms with Crippen LogP contribution in [0.1, 0.15) is 42.5 Å². The molecule has 2 aromatic carbocycles. The van der Waals surface area contributed by atoms with Crippen molar-refractivity contribution >= 4 is 33.0 Å². The number of nitrogens with one attached hydrogen (secondary N) is 1. The molecule has 35 heavy (non-hydrogen) atoms. The minimum atomic E-state index is -3.71. The zero-order chi connectivity index (χ0) is 24.3. The fraction of sp³-hybridized carbons (Fsp3) is 0.500. The average Bonchev–Trinajstić information content (AvgIpc) is 3.45. The number of amides is 1. The summed E-state index contributed by atoms with van der Waals surface area (Å²) >= 11 is 0. The number of piperidine rings is 1. The maximum atomic E-state index is 13.6. The molecule has 3 aliphatic heterocycles. The number of hydrogen-bond donors (Lipinski definition) is 1. The fourth-order valence-electron chi connectivity index (χ4n) is 5.16. The second-order valence-corrected chi connectivity index (χ2v) is 11.4. The number of sulfonamides is 1. The summed E-state index contributed by atoms with van der Waals surface area (Å²) in [5.41, 5.74) is 3.00. The van der Waals surface area contributed by atoms with Crippen LogP contribution in [0.3, 0.4) is 0 Å². The number of anilines is 3. The fourth-order valence-corrected chi connectivity index (χ4v) is 6.59. The molecule has 3 saturated heterocycles. The summed E-state index contributed by atoms with van der Waals surface area (Å²) in [4.78, 5) is 18.3. The van der Waals surface area contributed by atoms with Crippen LogP contribution in [0.5, 0.6) is 0 Å². The predicted molar refractivity (Wildman–Crippen MR) is 138 cm³/mol. The zero-order valence-corrected chi connectivity index (χ0v) is 20.9. The van der Waals surface area contributed by atoms with E-state index in [-0.39, 0.29) is 10.8 Å². The first-order chi connectivity index (χ1) is 17.0. The van der Waals surface area contributed by atoms with Crippen LogP contribution in [0.2, 0.25) is 0 Å². The molecule has 0 atom stereocenters. The first kappa shape index (κ1) is 24.1. The number of nitrogens with zero attached hydrogens (tertiary/aromatic N) is 3. The minimum absolute atomic E-state index is 0.149. The Hall–Kier alpha value is -2.62. The normalized spacial score (nSPS) is 19.7. The van der Waals surface area contributed by atoms with Gasteiger partial charge < -0.3 is 19.9 Å². The van der Waals surface area contributed by atoms with Gasteiger partial charge in [0.25, 0.3) is 5.91 Å². The molecule has 5 rings (SSSR count). The molecular formula is C26H34N4O4S.